The van der Waals surface area contributed by atoms with Crippen molar-refractivity contribution in [1.29, 1.82) is 0 Å². The van der Waals surface area contributed by atoms with Crippen molar-refractivity contribution in [3.05, 3.63) is 151 Å². The zero-order valence-electron chi connectivity index (χ0n) is 20.1. The molecule has 0 saturated carbocycles. The maximum Gasteiger partial charge on any atom is 0.362 e. The monoisotopic (exact) mass is 494 g/mol. The molecular formula is C34H24NOS+. The van der Waals surface area contributed by atoms with Gasteiger partial charge in [-0.3, -0.25) is 0 Å². The van der Waals surface area contributed by atoms with Gasteiger partial charge in [-0.25, -0.2) is 9.41 Å². The van der Waals surface area contributed by atoms with Gasteiger partial charge in [0.05, 0.1) is 34.3 Å². The van der Waals surface area contributed by atoms with Crippen LogP contribution in [0.25, 0.3) is 43.5 Å². The van der Waals surface area contributed by atoms with Gasteiger partial charge in [0, 0.05) is 9.75 Å². The number of benzene rings is 4. The van der Waals surface area contributed by atoms with Crippen molar-refractivity contribution in [2.24, 2.45) is 4.99 Å². The van der Waals surface area contributed by atoms with Crippen LogP contribution < -0.4 is 5.36 Å². The molecule has 176 valence electrons. The number of hydrogen-bond donors (Lipinski definition) is 0. The van der Waals surface area contributed by atoms with Crippen LogP contribution in [0, 0.1) is 0 Å². The van der Waals surface area contributed by atoms with E-state index in [2.05, 4.69) is 84.9 Å². The molecule has 0 aliphatic heterocycles. The van der Waals surface area contributed by atoms with E-state index in [1.54, 1.807) is 11.3 Å². The third kappa shape index (κ3) is 5.32. The van der Waals surface area contributed by atoms with Gasteiger partial charge in [-0.05, 0) is 47.5 Å². The topological polar surface area (TPSA) is 23.7 Å². The molecule has 0 saturated heterocycles. The van der Waals surface area contributed by atoms with Crippen molar-refractivity contribution in [3.8, 4) is 43.5 Å². The third-order valence-electron chi connectivity index (χ3n) is 6.05. The molecule has 0 aliphatic rings. The largest absolute Gasteiger partial charge is 0.362 e. The first-order chi connectivity index (χ1) is 18.3. The standard InChI is InChI=1S/C34H24NOS/c1-5-13-25(14-6-1)31-21-29(22-32(36-31)26-15-7-2-8-16-26)35-30-23-33(27-17-9-3-10-18-27)37-34(24-30)28-19-11-4-12-20-28/h1-24H/q+1. The Labute approximate surface area is 220 Å². The molecule has 0 radical (unpaired) electrons. The van der Waals surface area contributed by atoms with Crippen molar-refractivity contribution in [3.63, 3.8) is 0 Å². The first kappa shape index (κ1) is 22.8. The van der Waals surface area contributed by atoms with Crippen LogP contribution in [0.15, 0.2) is 155 Å². The quantitative estimate of drug-likeness (QED) is 0.219. The fourth-order valence-electron chi connectivity index (χ4n) is 4.23. The van der Waals surface area contributed by atoms with E-state index in [1.165, 1.54) is 20.9 Å². The normalized spacial score (nSPS) is 10.7. The van der Waals surface area contributed by atoms with Crippen LogP contribution in [-0.4, -0.2) is 0 Å². The van der Waals surface area contributed by atoms with Crippen LogP contribution >= 0.6 is 11.3 Å². The summed E-state index contributed by atoms with van der Waals surface area (Å²) in [6, 6.07) is 49.7. The van der Waals surface area contributed by atoms with E-state index in [1.807, 2.05) is 60.7 Å². The van der Waals surface area contributed by atoms with E-state index in [9.17, 15) is 0 Å². The Kier molecular flexibility index (Phi) is 6.52. The lowest BCUT2D eigenvalue weighted by Gasteiger charge is -2.06. The van der Waals surface area contributed by atoms with Crippen LogP contribution in [0.3, 0.4) is 0 Å². The average Bonchev–Trinajstić information content (AvgIpc) is 2.99. The fourth-order valence-corrected chi connectivity index (χ4v) is 5.34. The Hall–Kier alpha value is -4.60. The second-order valence-electron chi connectivity index (χ2n) is 8.66. The van der Waals surface area contributed by atoms with Crippen LogP contribution in [0.4, 0.5) is 5.69 Å². The van der Waals surface area contributed by atoms with E-state index >= 15 is 0 Å². The van der Waals surface area contributed by atoms with Crippen molar-refractivity contribution in [1.82, 2.24) is 0 Å². The lowest BCUT2D eigenvalue weighted by atomic mass is 10.1. The fraction of sp³-hybridized carbons (Fsp3) is 0. The van der Waals surface area contributed by atoms with Gasteiger partial charge in [0.1, 0.15) is 0 Å². The highest BCUT2D eigenvalue weighted by Gasteiger charge is 2.19. The lowest BCUT2D eigenvalue weighted by Crippen LogP contribution is -2.00. The van der Waals surface area contributed by atoms with E-state index in [-0.39, 0.29) is 0 Å². The predicted molar refractivity (Wildman–Crippen MR) is 154 cm³/mol. The van der Waals surface area contributed by atoms with Gasteiger partial charge in [-0.1, -0.05) is 97.1 Å². The number of hydrogen-bond acceptors (Lipinski definition) is 2. The third-order valence-corrected chi connectivity index (χ3v) is 7.19. The highest BCUT2D eigenvalue weighted by atomic mass is 32.1. The van der Waals surface area contributed by atoms with Crippen LogP contribution in [0.5, 0.6) is 0 Å². The minimum absolute atomic E-state index is 0.783. The van der Waals surface area contributed by atoms with E-state index in [4.69, 9.17) is 9.41 Å². The first-order valence-corrected chi connectivity index (χ1v) is 13.0. The minimum Gasteiger partial charge on any atom is -0.248 e. The van der Waals surface area contributed by atoms with Crippen LogP contribution in [0.2, 0.25) is 0 Å². The predicted octanol–water partition coefficient (Wildman–Crippen LogP) is 9.52. The molecule has 0 fully saturated rings. The summed E-state index contributed by atoms with van der Waals surface area (Å²) in [5.74, 6) is 1.57. The second kappa shape index (κ2) is 10.6. The summed E-state index contributed by atoms with van der Waals surface area (Å²) in [7, 11) is 0. The zero-order valence-corrected chi connectivity index (χ0v) is 20.9. The zero-order chi connectivity index (χ0) is 24.9. The molecule has 0 aliphatic carbocycles. The SMILES string of the molecule is c1ccc(-c2cc(N=c3cc(-c4ccccc4)sc(-c4ccccc4)c3)cc(-c3ccccc3)[o+]2)cc1. The molecule has 2 nitrogen and oxygen atoms in total. The molecule has 2 heterocycles. The summed E-state index contributed by atoms with van der Waals surface area (Å²) >= 11 is 1.77. The number of rotatable bonds is 5. The molecule has 37 heavy (non-hydrogen) atoms. The van der Waals surface area contributed by atoms with Crippen LogP contribution in [0.1, 0.15) is 0 Å². The summed E-state index contributed by atoms with van der Waals surface area (Å²) in [6.07, 6.45) is 0. The molecule has 0 N–H and O–H groups in total. The molecule has 0 atom stereocenters. The second-order valence-corrected chi connectivity index (χ2v) is 9.75. The Morgan fingerprint density at radius 1 is 0.432 bits per heavy atom. The molecule has 0 amide bonds. The molecule has 0 bridgehead atoms. The van der Waals surface area contributed by atoms with Crippen molar-refractivity contribution in [2.45, 2.75) is 0 Å². The van der Waals surface area contributed by atoms with Gasteiger partial charge >= 0.3 is 11.5 Å². The summed E-state index contributed by atoms with van der Waals surface area (Å²) in [6.45, 7) is 0. The molecular weight excluding hydrogens is 470 g/mol. The van der Waals surface area contributed by atoms with Gasteiger partial charge in [-0.15, -0.1) is 11.3 Å². The van der Waals surface area contributed by atoms with E-state index in [0.717, 1.165) is 33.7 Å². The van der Waals surface area contributed by atoms with Gasteiger partial charge in [0.2, 0.25) is 0 Å². The molecule has 4 aromatic carbocycles. The maximum absolute atomic E-state index is 6.36. The molecule has 2 aromatic heterocycles. The molecule has 3 heteroatoms. The van der Waals surface area contributed by atoms with Crippen molar-refractivity contribution in [2.75, 3.05) is 0 Å². The molecule has 0 spiro atoms. The molecule has 6 aromatic rings. The van der Waals surface area contributed by atoms with Gasteiger partial charge in [0.15, 0.2) is 0 Å². The summed E-state index contributed by atoms with van der Waals surface area (Å²) in [5, 5.41) is 0.903. The first-order valence-electron chi connectivity index (χ1n) is 12.2. The van der Waals surface area contributed by atoms with Gasteiger partial charge in [-0.2, -0.15) is 0 Å². The van der Waals surface area contributed by atoms with E-state index in [0.29, 0.717) is 0 Å². The Balaban J connectivity index is 1.55. The Morgan fingerprint density at radius 3 is 1.22 bits per heavy atom. The van der Waals surface area contributed by atoms with E-state index < -0.39 is 0 Å². The molecule has 6 rings (SSSR count). The van der Waals surface area contributed by atoms with Crippen molar-refractivity contribution < 1.29 is 4.42 Å². The summed E-state index contributed by atoms with van der Waals surface area (Å²) < 4.78 is 6.36. The van der Waals surface area contributed by atoms with Gasteiger partial charge in [0.25, 0.3) is 0 Å². The van der Waals surface area contributed by atoms with Crippen LogP contribution in [-0.2, 0) is 0 Å². The Morgan fingerprint density at radius 2 is 0.811 bits per heavy atom. The Bertz CT molecular complexity index is 1580. The summed E-state index contributed by atoms with van der Waals surface area (Å²) in [4.78, 5) is 7.48. The van der Waals surface area contributed by atoms with Gasteiger partial charge < -0.3 is 0 Å². The lowest BCUT2D eigenvalue weighted by molar-refractivity contribution is 0.582. The van der Waals surface area contributed by atoms with Crippen molar-refractivity contribution >= 4 is 17.0 Å². The summed E-state index contributed by atoms with van der Waals surface area (Å²) in [5.41, 5.74) is 5.24. The highest BCUT2D eigenvalue weighted by Crippen LogP contribution is 2.33. The number of nitrogens with zero attached hydrogens (tertiary/aromatic N) is 1. The average molecular weight is 495 g/mol. The smallest absolute Gasteiger partial charge is 0.248 e. The molecule has 0 unspecified atom stereocenters. The maximum atomic E-state index is 6.36. The highest BCUT2D eigenvalue weighted by molar-refractivity contribution is 7.18. The minimum atomic E-state index is 0.783.